The van der Waals surface area contributed by atoms with Crippen LogP contribution in [0.25, 0.3) is 11.8 Å². The van der Waals surface area contributed by atoms with Gasteiger partial charge in [-0.15, -0.1) is 0 Å². The Morgan fingerprint density at radius 3 is 2.39 bits per heavy atom. The number of nitrogen functional groups attached to an aromatic ring is 1. The maximum atomic E-state index is 5.94. The van der Waals surface area contributed by atoms with Gasteiger partial charge in [0.1, 0.15) is 5.76 Å². The highest BCUT2D eigenvalue weighted by Gasteiger charge is 2.03. The van der Waals surface area contributed by atoms with Gasteiger partial charge >= 0.3 is 0 Å². The Kier molecular flexibility index (Phi) is 4.02. The third kappa shape index (κ3) is 2.92. The number of hydrogen-bond donors (Lipinski definition) is 1. The maximum Gasteiger partial charge on any atom is 0.127 e. The summed E-state index contributed by atoms with van der Waals surface area (Å²) in [6.07, 6.45) is 1.98. The quantitative estimate of drug-likeness (QED) is 0.500. The molecule has 2 aromatic carbocycles. The summed E-state index contributed by atoms with van der Waals surface area (Å²) in [7, 11) is 0. The van der Waals surface area contributed by atoms with Crippen LogP contribution in [0.2, 0.25) is 0 Å². The first-order chi connectivity index (χ1) is 8.81. The van der Waals surface area contributed by atoms with Crippen LogP contribution >= 0.6 is 0 Å². The molecule has 2 heteroatoms. The Balaban J connectivity index is 2.40. The molecule has 0 aliphatic carbocycles. The molecule has 92 valence electrons. The van der Waals surface area contributed by atoms with E-state index in [0.717, 1.165) is 22.6 Å². The molecule has 0 radical (unpaired) electrons. The zero-order valence-corrected chi connectivity index (χ0v) is 10.5. The van der Waals surface area contributed by atoms with Crippen LogP contribution in [0.15, 0.2) is 54.6 Å². The van der Waals surface area contributed by atoms with Gasteiger partial charge in [-0.2, -0.15) is 0 Å². The van der Waals surface area contributed by atoms with Crippen LogP contribution in [-0.4, -0.2) is 6.61 Å². The smallest absolute Gasteiger partial charge is 0.127 e. The fourth-order valence-electron chi connectivity index (χ4n) is 1.75. The van der Waals surface area contributed by atoms with Crippen LogP contribution in [0.5, 0.6) is 0 Å². The van der Waals surface area contributed by atoms with Gasteiger partial charge in [-0.25, -0.2) is 0 Å². The molecule has 0 heterocycles. The maximum absolute atomic E-state index is 5.94. The predicted molar refractivity (Wildman–Crippen MR) is 76.8 cm³/mol. The second-order valence-corrected chi connectivity index (χ2v) is 3.94. The molecular formula is C16H17NO. The lowest BCUT2D eigenvalue weighted by atomic mass is 10.1. The van der Waals surface area contributed by atoms with E-state index in [4.69, 9.17) is 10.5 Å². The fourth-order valence-corrected chi connectivity index (χ4v) is 1.75. The minimum Gasteiger partial charge on any atom is -0.493 e. The summed E-state index contributed by atoms with van der Waals surface area (Å²) in [4.78, 5) is 0. The standard InChI is InChI=1S/C16H17NO/c1-2-18-16(13-8-4-3-5-9-13)12-14-10-6-7-11-15(14)17/h3-12H,2,17H2,1H3/b16-12+. The number of para-hydroxylation sites is 1. The van der Waals surface area contributed by atoms with Crippen LogP contribution in [0.1, 0.15) is 18.1 Å². The lowest BCUT2D eigenvalue weighted by Crippen LogP contribution is -1.93. The molecule has 2 nitrogen and oxygen atoms in total. The number of rotatable bonds is 4. The van der Waals surface area contributed by atoms with Gasteiger partial charge in [0, 0.05) is 16.8 Å². The molecule has 2 N–H and O–H groups in total. The number of hydrogen-bond acceptors (Lipinski definition) is 2. The van der Waals surface area contributed by atoms with Gasteiger partial charge in [0.05, 0.1) is 6.61 Å². The van der Waals surface area contributed by atoms with E-state index in [-0.39, 0.29) is 0 Å². The SMILES string of the molecule is CCO/C(=C/c1ccccc1N)c1ccccc1. The second kappa shape index (κ2) is 5.92. The molecule has 0 aliphatic heterocycles. The molecule has 0 amide bonds. The predicted octanol–water partition coefficient (Wildman–Crippen LogP) is 3.80. The van der Waals surface area contributed by atoms with E-state index < -0.39 is 0 Å². The van der Waals surface area contributed by atoms with Crippen molar-refractivity contribution in [2.45, 2.75) is 6.92 Å². The summed E-state index contributed by atoms with van der Waals surface area (Å²) in [5, 5.41) is 0. The van der Waals surface area contributed by atoms with E-state index >= 15 is 0 Å². The van der Waals surface area contributed by atoms with Crippen molar-refractivity contribution in [3.05, 3.63) is 65.7 Å². The molecule has 0 saturated carbocycles. The zero-order valence-electron chi connectivity index (χ0n) is 10.5. The Bertz CT molecular complexity index is 532. The van der Waals surface area contributed by atoms with E-state index in [1.807, 2.05) is 67.6 Å². The van der Waals surface area contributed by atoms with Gasteiger partial charge < -0.3 is 10.5 Å². The summed E-state index contributed by atoms with van der Waals surface area (Å²) < 4.78 is 5.69. The molecule has 0 unspecified atom stereocenters. The molecular weight excluding hydrogens is 222 g/mol. The molecule has 0 atom stereocenters. The van der Waals surface area contributed by atoms with Crippen molar-refractivity contribution < 1.29 is 4.74 Å². The minimum atomic E-state index is 0.632. The molecule has 0 spiro atoms. The molecule has 0 saturated heterocycles. The summed E-state index contributed by atoms with van der Waals surface area (Å²) in [5.74, 6) is 0.844. The fraction of sp³-hybridized carbons (Fsp3) is 0.125. The van der Waals surface area contributed by atoms with Crippen molar-refractivity contribution in [1.29, 1.82) is 0 Å². The molecule has 0 aliphatic rings. The van der Waals surface area contributed by atoms with Crippen LogP contribution in [0.4, 0.5) is 5.69 Å². The number of benzene rings is 2. The van der Waals surface area contributed by atoms with Crippen LogP contribution < -0.4 is 5.73 Å². The Hall–Kier alpha value is -2.22. The third-order valence-electron chi connectivity index (χ3n) is 2.64. The highest BCUT2D eigenvalue weighted by Crippen LogP contribution is 2.22. The Morgan fingerprint density at radius 2 is 1.72 bits per heavy atom. The van der Waals surface area contributed by atoms with E-state index in [2.05, 4.69) is 0 Å². The first kappa shape index (κ1) is 12.2. The van der Waals surface area contributed by atoms with Gasteiger partial charge in [0.25, 0.3) is 0 Å². The van der Waals surface area contributed by atoms with E-state index in [1.54, 1.807) is 0 Å². The summed E-state index contributed by atoms with van der Waals surface area (Å²) in [6, 6.07) is 17.8. The summed E-state index contributed by atoms with van der Waals surface area (Å²) in [6.45, 7) is 2.61. The van der Waals surface area contributed by atoms with Gasteiger partial charge in [-0.1, -0.05) is 48.5 Å². The zero-order chi connectivity index (χ0) is 12.8. The Morgan fingerprint density at radius 1 is 1.06 bits per heavy atom. The largest absolute Gasteiger partial charge is 0.493 e. The molecule has 2 rings (SSSR count). The number of nitrogens with two attached hydrogens (primary N) is 1. The van der Waals surface area contributed by atoms with E-state index in [0.29, 0.717) is 6.61 Å². The third-order valence-corrected chi connectivity index (χ3v) is 2.64. The van der Waals surface area contributed by atoms with Gasteiger partial charge in [-0.3, -0.25) is 0 Å². The van der Waals surface area contributed by atoms with Gasteiger partial charge in [-0.05, 0) is 19.1 Å². The average Bonchev–Trinajstić information content (AvgIpc) is 2.42. The monoisotopic (exact) mass is 239 g/mol. The molecule has 2 aromatic rings. The highest BCUT2D eigenvalue weighted by atomic mass is 16.5. The van der Waals surface area contributed by atoms with Crippen molar-refractivity contribution in [1.82, 2.24) is 0 Å². The van der Waals surface area contributed by atoms with Crippen molar-refractivity contribution in [3.63, 3.8) is 0 Å². The average molecular weight is 239 g/mol. The Labute approximate surface area is 108 Å². The van der Waals surface area contributed by atoms with Crippen molar-refractivity contribution >= 4 is 17.5 Å². The van der Waals surface area contributed by atoms with Crippen LogP contribution in [-0.2, 0) is 4.74 Å². The van der Waals surface area contributed by atoms with E-state index in [1.165, 1.54) is 0 Å². The molecule has 18 heavy (non-hydrogen) atoms. The highest BCUT2D eigenvalue weighted by molar-refractivity contribution is 5.81. The van der Waals surface area contributed by atoms with Crippen molar-refractivity contribution in [2.24, 2.45) is 0 Å². The normalized spacial score (nSPS) is 11.3. The molecule has 0 aromatic heterocycles. The minimum absolute atomic E-state index is 0.632. The first-order valence-corrected chi connectivity index (χ1v) is 6.05. The second-order valence-electron chi connectivity index (χ2n) is 3.94. The summed E-state index contributed by atoms with van der Waals surface area (Å²) >= 11 is 0. The molecule has 0 bridgehead atoms. The molecule has 0 fully saturated rings. The number of ether oxygens (including phenoxy) is 1. The van der Waals surface area contributed by atoms with Gasteiger partial charge in [0.2, 0.25) is 0 Å². The van der Waals surface area contributed by atoms with Crippen molar-refractivity contribution in [3.8, 4) is 0 Å². The topological polar surface area (TPSA) is 35.2 Å². The van der Waals surface area contributed by atoms with Crippen molar-refractivity contribution in [2.75, 3.05) is 12.3 Å². The van der Waals surface area contributed by atoms with E-state index in [9.17, 15) is 0 Å². The lowest BCUT2D eigenvalue weighted by Gasteiger charge is -2.09. The first-order valence-electron chi connectivity index (χ1n) is 6.05. The summed E-state index contributed by atoms with van der Waals surface area (Å²) in [5.41, 5.74) is 8.73. The number of anilines is 1. The van der Waals surface area contributed by atoms with Crippen LogP contribution in [0.3, 0.4) is 0 Å². The van der Waals surface area contributed by atoms with Gasteiger partial charge in [0.15, 0.2) is 0 Å². The lowest BCUT2D eigenvalue weighted by molar-refractivity contribution is 0.300. The van der Waals surface area contributed by atoms with Crippen LogP contribution in [0, 0.1) is 0 Å².